The number of aryl methyl sites for hydroxylation is 1. The highest BCUT2D eigenvalue weighted by Crippen LogP contribution is 2.39. The molecule has 0 bridgehead atoms. The molecule has 1 aromatic heterocycles. The third kappa shape index (κ3) is 4.26. The Bertz CT molecular complexity index is 1200. The normalized spacial score (nSPS) is 10.8. The average molecular weight is 429 g/mol. The van der Waals surface area contributed by atoms with E-state index in [-0.39, 0.29) is 11.7 Å². The van der Waals surface area contributed by atoms with Crippen molar-refractivity contribution in [1.82, 2.24) is 15.0 Å². The molecule has 4 rings (SSSR count). The number of carbonyl (C=O) groups excluding carboxylic acids is 1. The van der Waals surface area contributed by atoms with Crippen LogP contribution < -0.4 is 11.3 Å². The largest absolute Gasteiger partial charge is 0.294 e. The van der Waals surface area contributed by atoms with Crippen molar-refractivity contribution in [3.05, 3.63) is 90.0 Å². The van der Waals surface area contributed by atoms with Crippen molar-refractivity contribution < 1.29 is 4.79 Å². The summed E-state index contributed by atoms with van der Waals surface area (Å²) in [5.74, 6) is 5.24. The van der Waals surface area contributed by atoms with E-state index < -0.39 is 0 Å². The van der Waals surface area contributed by atoms with Gasteiger partial charge in [-0.05, 0) is 31.0 Å². The number of imidazole rings is 1. The average Bonchev–Trinajstić information content (AvgIpc) is 3.19. The second-order valence-electron chi connectivity index (χ2n) is 7.23. The fourth-order valence-corrected chi connectivity index (χ4v) is 4.35. The monoisotopic (exact) mass is 428 g/mol. The maximum absolute atomic E-state index is 11.9. The van der Waals surface area contributed by atoms with E-state index in [0.29, 0.717) is 0 Å². The number of hydrogen-bond donors (Lipinski definition) is 2. The van der Waals surface area contributed by atoms with Crippen molar-refractivity contribution in [3.63, 3.8) is 0 Å². The molecule has 0 aliphatic carbocycles. The van der Waals surface area contributed by atoms with E-state index in [9.17, 15) is 4.79 Å². The van der Waals surface area contributed by atoms with Crippen LogP contribution in [0.5, 0.6) is 0 Å². The fourth-order valence-electron chi connectivity index (χ4n) is 3.53. The molecule has 0 fully saturated rings. The van der Waals surface area contributed by atoms with E-state index in [0.717, 1.165) is 33.4 Å². The number of carbonyl (C=O) groups is 1. The molecule has 4 aromatic rings. The van der Waals surface area contributed by atoms with Crippen molar-refractivity contribution >= 4 is 17.7 Å². The molecule has 3 N–H and O–H groups in total. The number of aromatic nitrogens is 2. The van der Waals surface area contributed by atoms with Crippen LogP contribution in [0, 0.1) is 13.8 Å². The molecular formula is C25H24N4OS. The minimum absolute atomic E-state index is 0.181. The van der Waals surface area contributed by atoms with Crippen LogP contribution in [-0.4, -0.2) is 21.2 Å². The molecule has 0 unspecified atom stereocenters. The van der Waals surface area contributed by atoms with Gasteiger partial charge in [0.1, 0.15) is 0 Å². The van der Waals surface area contributed by atoms with E-state index in [1.54, 1.807) is 0 Å². The Kier molecular flexibility index (Phi) is 6.21. The minimum atomic E-state index is -0.247. The quantitative estimate of drug-likeness (QED) is 0.198. The summed E-state index contributed by atoms with van der Waals surface area (Å²) in [4.78, 5) is 16.9. The summed E-state index contributed by atoms with van der Waals surface area (Å²) in [5, 5.41) is 0.745. The van der Waals surface area contributed by atoms with Gasteiger partial charge in [0, 0.05) is 11.1 Å². The molecule has 3 aromatic carbocycles. The Morgan fingerprint density at radius 1 is 0.935 bits per heavy atom. The summed E-state index contributed by atoms with van der Waals surface area (Å²) in [7, 11) is 0. The summed E-state index contributed by atoms with van der Waals surface area (Å²) >= 11 is 1.37. The first kappa shape index (κ1) is 20.9. The van der Waals surface area contributed by atoms with Crippen molar-refractivity contribution in [2.24, 2.45) is 5.84 Å². The number of nitrogens with zero attached hydrogens (tertiary/aromatic N) is 2. The van der Waals surface area contributed by atoms with Crippen LogP contribution in [0.3, 0.4) is 0 Å². The molecule has 31 heavy (non-hydrogen) atoms. The molecule has 0 aliphatic rings. The summed E-state index contributed by atoms with van der Waals surface area (Å²) < 4.78 is 2.16. The number of hydrazine groups is 1. The van der Waals surface area contributed by atoms with Crippen LogP contribution in [0.1, 0.15) is 11.1 Å². The molecule has 0 atom stereocenters. The molecule has 0 aliphatic heterocycles. The maximum Gasteiger partial charge on any atom is 0.244 e. The molecule has 0 saturated carbocycles. The number of hydrogen-bond acceptors (Lipinski definition) is 4. The van der Waals surface area contributed by atoms with Crippen LogP contribution >= 0.6 is 11.8 Å². The molecule has 0 saturated heterocycles. The predicted octanol–water partition coefficient (Wildman–Crippen LogP) is 4.91. The van der Waals surface area contributed by atoms with Crippen LogP contribution in [0.2, 0.25) is 0 Å². The smallest absolute Gasteiger partial charge is 0.244 e. The first-order chi connectivity index (χ1) is 15.1. The summed E-state index contributed by atoms with van der Waals surface area (Å²) in [6.07, 6.45) is 0. The van der Waals surface area contributed by atoms with Gasteiger partial charge in [-0.15, -0.1) is 0 Å². The lowest BCUT2D eigenvalue weighted by Gasteiger charge is -2.16. The fraction of sp³-hybridized carbons (Fsp3) is 0.120. The minimum Gasteiger partial charge on any atom is -0.294 e. The van der Waals surface area contributed by atoms with E-state index in [1.807, 2.05) is 36.4 Å². The lowest BCUT2D eigenvalue weighted by atomic mass is 10.0. The number of rotatable bonds is 6. The number of amides is 1. The summed E-state index contributed by atoms with van der Waals surface area (Å²) in [6, 6.07) is 26.6. The van der Waals surface area contributed by atoms with Gasteiger partial charge < -0.3 is 0 Å². The molecule has 5 nitrogen and oxygen atoms in total. The Hall–Kier alpha value is -3.35. The van der Waals surface area contributed by atoms with E-state index in [2.05, 4.69) is 66.3 Å². The van der Waals surface area contributed by atoms with Crippen molar-refractivity contribution in [3.8, 4) is 28.2 Å². The van der Waals surface area contributed by atoms with Crippen molar-refractivity contribution in [2.45, 2.75) is 19.0 Å². The first-order valence-electron chi connectivity index (χ1n) is 10.0. The highest BCUT2D eigenvalue weighted by molar-refractivity contribution is 7.99. The van der Waals surface area contributed by atoms with E-state index in [1.165, 1.54) is 22.9 Å². The Labute approximate surface area is 186 Å². The van der Waals surface area contributed by atoms with Gasteiger partial charge in [-0.25, -0.2) is 10.8 Å². The molecular weight excluding hydrogens is 404 g/mol. The van der Waals surface area contributed by atoms with Gasteiger partial charge in [-0.1, -0.05) is 84.6 Å². The number of thioether (sulfide) groups is 1. The third-order valence-electron chi connectivity index (χ3n) is 5.25. The SMILES string of the molecule is Cc1cccc(-n2c(SCC(=O)NN)nc(-c3ccccc3)c2-c2ccccc2)c1C. The summed E-state index contributed by atoms with van der Waals surface area (Å²) in [5.41, 5.74) is 9.57. The summed E-state index contributed by atoms with van der Waals surface area (Å²) in [6.45, 7) is 4.22. The Morgan fingerprint density at radius 2 is 1.58 bits per heavy atom. The highest BCUT2D eigenvalue weighted by atomic mass is 32.2. The van der Waals surface area contributed by atoms with Crippen molar-refractivity contribution in [2.75, 3.05) is 5.75 Å². The zero-order valence-electron chi connectivity index (χ0n) is 17.5. The van der Waals surface area contributed by atoms with Gasteiger partial charge in [-0.3, -0.25) is 14.8 Å². The number of nitrogens with one attached hydrogen (secondary N) is 1. The van der Waals surface area contributed by atoms with Gasteiger partial charge in [-0.2, -0.15) is 0 Å². The van der Waals surface area contributed by atoms with Crippen molar-refractivity contribution in [1.29, 1.82) is 0 Å². The van der Waals surface area contributed by atoms with Gasteiger partial charge in [0.05, 0.1) is 22.8 Å². The molecule has 1 amide bonds. The molecule has 1 heterocycles. The Morgan fingerprint density at radius 3 is 2.23 bits per heavy atom. The van der Waals surface area contributed by atoms with Crippen LogP contribution in [0.15, 0.2) is 84.0 Å². The standard InChI is InChI=1S/C25H24N4OS/c1-17-10-9-15-21(18(17)2)29-24(20-13-7-4-8-14-20)23(19-11-5-3-6-12-19)27-25(29)31-16-22(30)28-26/h3-15H,16,26H2,1-2H3,(H,28,30). The topological polar surface area (TPSA) is 72.9 Å². The molecule has 6 heteroatoms. The van der Waals surface area contributed by atoms with Gasteiger partial charge >= 0.3 is 0 Å². The van der Waals surface area contributed by atoms with Crippen LogP contribution in [0.25, 0.3) is 28.2 Å². The van der Waals surface area contributed by atoms with E-state index in [4.69, 9.17) is 10.8 Å². The zero-order chi connectivity index (χ0) is 21.8. The zero-order valence-corrected chi connectivity index (χ0v) is 18.3. The second-order valence-corrected chi connectivity index (χ2v) is 8.18. The Balaban J connectivity index is 2.02. The predicted molar refractivity (Wildman–Crippen MR) is 127 cm³/mol. The van der Waals surface area contributed by atoms with Gasteiger partial charge in [0.25, 0.3) is 0 Å². The maximum atomic E-state index is 11.9. The van der Waals surface area contributed by atoms with Crippen LogP contribution in [-0.2, 0) is 4.79 Å². The van der Waals surface area contributed by atoms with Gasteiger partial charge in [0.15, 0.2) is 5.16 Å². The third-order valence-corrected chi connectivity index (χ3v) is 6.19. The molecule has 156 valence electrons. The molecule has 0 radical (unpaired) electrons. The number of nitrogens with two attached hydrogens (primary N) is 1. The second kappa shape index (κ2) is 9.20. The number of benzene rings is 3. The highest BCUT2D eigenvalue weighted by Gasteiger charge is 2.23. The lowest BCUT2D eigenvalue weighted by molar-refractivity contribution is -0.118. The lowest BCUT2D eigenvalue weighted by Crippen LogP contribution is -2.31. The van der Waals surface area contributed by atoms with E-state index >= 15 is 0 Å². The first-order valence-corrected chi connectivity index (χ1v) is 11.0. The van der Waals surface area contributed by atoms with Gasteiger partial charge in [0.2, 0.25) is 5.91 Å². The molecule has 0 spiro atoms. The van der Waals surface area contributed by atoms with Crippen LogP contribution in [0.4, 0.5) is 0 Å².